The molecule has 1 aromatic carbocycles. The Morgan fingerprint density at radius 2 is 1.60 bits per heavy atom. The molecule has 1 aromatic rings. The van der Waals surface area contributed by atoms with Crippen molar-refractivity contribution < 1.29 is 27.1 Å². The van der Waals surface area contributed by atoms with E-state index in [1.807, 2.05) is 0 Å². The molecule has 3 saturated carbocycles. The highest BCUT2D eigenvalue weighted by Crippen LogP contribution is 2.82. The van der Waals surface area contributed by atoms with Gasteiger partial charge in [0.2, 0.25) is 0 Å². The molecule has 1 nitrogen and oxygen atoms in total. The van der Waals surface area contributed by atoms with Crippen LogP contribution >= 0.6 is 0 Å². The molecule has 0 amide bonds. The van der Waals surface area contributed by atoms with Crippen molar-refractivity contribution in [2.45, 2.75) is 36.8 Å². The van der Waals surface area contributed by atoms with E-state index in [0.29, 0.717) is 0 Å². The number of benzene rings is 1. The van der Waals surface area contributed by atoms with Crippen LogP contribution in [0.4, 0.5) is 22.0 Å². The van der Waals surface area contributed by atoms with E-state index < -0.39 is 28.5 Å². The molecule has 0 aromatic heterocycles. The first-order valence-corrected chi connectivity index (χ1v) is 6.35. The lowest BCUT2D eigenvalue weighted by atomic mass is 9.30. The van der Waals surface area contributed by atoms with Gasteiger partial charge in [0.05, 0.1) is 11.0 Å². The first kappa shape index (κ1) is 13.8. The molecular formula is C14H13F5O. The third kappa shape index (κ3) is 1.40. The molecule has 3 aliphatic carbocycles. The maximum atomic E-state index is 14.2. The average molecular weight is 292 g/mol. The van der Waals surface area contributed by atoms with Crippen LogP contribution in [0.1, 0.15) is 30.4 Å². The van der Waals surface area contributed by atoms with Gasteiger partial charge < -0.3 is 5.11 Å². The highest BCUT2D eigenvalue weighted by atomic mass is 19.4. The number of aliphatic hydroxyl groups excluding tert-OH is 1. The summed E-state index contributed by atoms with van der Waals surface area (Å²) < 4.78 is 65.7. The summed E-state index contributed by atoms with van der Waals surface area (Å²) in [4.78, 5) is 0. The third-order valence-corrected chi connectivity index (χ3v) is 4.90. The summed E-state index contributed by atoms with van der Waals surface area (Å²) in [6, 6.07) is 4.01. The molecule has 0 atom stereocenters. The van der Waals surface area contributed by atoms with Crippen LogP contribution in [0.25, 0.3) is 0 Å². The number of alkyl halides is 5. The van der Waals surface area contributed by atoms with Crippen molar-refractivity contribution in [3.05, 3.63) is 35.4 Å². The van der Waals surface area contributed by atoms with Gasteiger partial charge in [-0.05, 0) is 37.0 Å². The van der Waals surface area contributed by atoms with Crippen molar-refractivity contribution in [1.29, 1.82) is 0 Å². The van der Waals surface area contributed by atoms with E-state index in [2.05, 4.69) is 0 Å². The van der Waals surface area contributed by atoms with E-state index in [9.17, 15) is 22.0 Å². The molecule has 20 heavy (non-hydrogen) atoms. The number of rotatable bonds is 3. The molecule has 0 radical (unpaired) electrons. The number of aliphatic hydroxyl groups is 1. The SMILES string of the molecule is OCCC12CC(c3ccc(C(F)(F)F)cc3)(C1)C2(F)F. The molecular weight excluding hydrogens is 279 g/mol. The Balaban J connectivity index is 1.86. The maximum absolute atomic E-state index is 14.2. The van der Waals surface area contributed by atoms with Crippen LogP contribution in [-0.4, -0.2) is 17.6 Å². The summed E-state index contributed by atoms with van der Waals surface area (Å²) in [6.07, 6.45) is -3.95. The number of hydrogen-bond donors (Lipinski definition) is 1. The monoisotopic (exact) mass is 292 g/mol. The van der Waals surface area contributed by atoms with Crippen LogP contribution in [0.3, 0.4) is 0 Å². The molecule has 2 bridgehead atoms. The fourth-order valence-corrected chi connectivity index (χ4v) is 3.75. The first-order valence-electron chi connectivity index (χ1n) is 6.35. The second-order valence-corrected chi connectivity index (χ2v) is 5.84. The molecule has 0 spiro atoms. The molecule has 0 unspecified atom stereocenters. The fraction of sp³-hybridized carbons (Fsp3) is 0.571. The van der Waals surface area contributed by atoms with Crippen LogP contribution in [-0.2, 0) is 11.6 Å². The Morgan fingerprint density at radius 3 is 2.00 bits per heavy atom. The van der Waals surface area contributed by atoms with Crippen molar-refractivity contribution in [2.75, 3.05) is 6.61 Å². The van der Waals surface area contributed by atoms with E-state index in [1.165, 1.54) is 0 Å². The van der Waals surface area contributed by atoms with Gasteiger partial charge in [0.15, 0.2) is 0 Å². The molecule has 3 fully saturated rings. The Kier molecular flexibility index (Phi) is 2.57. The minimum Gasteiger partial charge on any atom is -0.396 e. The summed E-state index contributed by atoms with van der Waals surface area (Å²) in [6.45, 7) is -0.293. The smallest absolute Gasteiger partial charge is 0.396 e. The van der Waals surface area contributed by atoms with Crippen molar-refractivity contribution in [2.24, 2.45) is 5.41 Å². The lowest BCUT2D eigenvalue weighted by molar-refractivity contribution is -0.374. The van der Waals surface area contributed by atoms with Gasteiger partial charge in [0, 0.05) is 12.0 Å². The first-order chi connectivity index (χ1) is 9.19. The molecule has 0 aliphatic heterocycles. The van der Waals surface area contributed by atoms with Crippen molar-refractivity contribution in [1.82, 2.24) is 0 Å². The number of halogens is 5. The van der Waals surface area contributed by atoms with Gasteiger partial charge in [-0.15, -0.1) is 0 Å². The molecule has 0 heterocycles. The standard InChI is InChI=1S/C14H13F5O/c15-13(16,17)10-3-1-9(2-4-10)12-7-11(8-12,5-6-20)14(12,18)19/h1-4,20H,5-8H2. The summed E-state index contributed by atoms with van der Waals surface area (Å²) in [5, 5.41) is 8.85. The highest BCUT2D eigenvalue weighted by molar-refractivity contribution is 5.46. The van der Waals surface area contributed by atoms with Gasteiger partial charge in [-0.1, -0.05) is 12.1 Å². The quantitative estimate of drug-likeness (QED) is 0.841. The molecule has 4 rings (SSSR count). The van der Waals surface area contributed by atoms with E-state index in [1.54, 1.807) is 0 Å². The van der Waals surface area contributed by atoms with Crippen LogP contribution in [0.15, 0.2) is 24.3 Å². The highest BCUT2D eigenvalue weighted by Gasteiger charge is 2.87. The van der Waals surface area contributed by atoms with Gasteiger partial charge in [-0.2, -0.15) is 13.2 Å². The zero-order chi connectivity index (χ0) is 14.8. The van der Waals surface area contributed by atoms with Gasteiger partial charge in [0.25, 0.3) is 5.92 Å². The maximum Gasteiger partial charge on any atom is 0.416 e. The molecule has 6 heteroatoms. The zero-order valence-corrected chi connectivity index (χ0v) is 10.5. The van der Waals surface area contributed by atoms with Crippen molar-refractivity contribution in [3.63, 3.8) is 0 Å². The Labute approximate surface area is 112 Å². The normalized spacial score (nSPS) is 34.3. The Bertz CT molecular complexity index is 525. The van der Waals surface area contributed by atoms with Crippen LogP contribution < -0.4 is 0 Å². The zero-order valence-electron chi connectivity index (χ0n) is 10.5. The van der Waals surface area contributed by atoms with Crippen LogP contribution in [0.5, 0.6) is 0 Å². The van der Waals surface area contributed by atoms with E-state index in [-0.39, 0.29) is 31.4 Å². The van der Waals surface area contributed by atoms with Gasteiger partial charge in [-0.3, -0.25) is 0 Å². The van der Waals surface area contributed by atoms with Crippen molar-refractivity contribution >= 4 is 0 Å². The lowest BCUT2D eigenvalue weighted by Crippen LogP contribution is -2.81. The summed E-state index contributed by atoms with van der Waals surface area (Å²) in [5.74, 6) is -2.94. The topological polar surface area (TPSA) is 20.2 Å². The molecule has 1 N–H and O–H groups in total. The number of hydrogen-bond acceptors (Lipinski definition) is 1. The molecule has 110 valence electrons. The summed E-state index contributed by atoms with van der Waals surface area (Å²) in [5.41, 5.74) is -3.05. The Hall–Kier alpha value is -1.17. The fourth-order valence-electron chi connectivity index (χ4n) is 3.75. The average Bonchev–Trinajstić information content (AvgIpc) is 2.33. The second-order valence-electron chi connectivity index (χ2n) is 5.84. The van der Waals surface area contributed by atoms with Crippen molar-refractivity contribution in [3.8, 4) is 0 Å². The van der Waals surface area contributed by atoms with Gasteiger partial charge in [0.1, 0.15) is 0 Å². The summed E-state index contributed by atoms with van der Waals surface area (Å²) >= 11 is 0. The Morgan fingerprint density at radius 1 is 1.05 bits per heavy atom. The lowest BCUT2D eigenvalue weighted by Gasteiger charge is -2.75. The molecule has 0 saturated heterocycles. The molecule has 3 aliphatic rings. The van der Waals surface area contributed by atoms with Gasteiger partial charge in [-0.25, -0.2) is 8.78 Å². The third-order valence-electron chi connectivity index (χ3n) is 4.90. The minimum absolute atomic E-state index is 0.0440. The largest absolute Gasteiger partial charge is 0.416 e. The van der Waals surface area contributed by atoms with Crippen LogP contribution in [0.2, 0.25) is 0 Å². The van der Waals surface area contributed by atoms with E-state index in [0.717, 1.165) is 24.3 Å². The van der Waals surface area contributed by atoms with Gasteiger partial charge >= 0.3 is 6.18 Å². The van der Waals surface area contributed by atoms with E-state index >= 15 is 0 Å². The van der Waals surface area contributed by atoms with Crippen LogP contribution in [0, 0.1) is 5.41 Å². The summed E-state index contributed by atoms with van der Waals surface area (Å²) in [7, 11) is 0. The second kappa shape index (κ2) is 3.72. The minimum atomic E-state index is -4.46. The predicted molar refractivity (Wildman–Crippen MR) is 61.4 cm³/mol. The predicted octanol–water partition coefficient (Wildman–Crippen LogP) is 3.75. The van der Waals surface area contributed by atoms with E-state index in [4.69, 9.17) is 5.11 Å².